The predicted octanol–water partition coefficient (Wildman–Crippen LogP) is 4.45. The quantitative estimate of drug-likeness (QED) is 0.399. The molecule has 0 aliphatic carbocycles. The van der Waals surface area contributed by atoms with E-state index in [2.05, 4.69) is 20.1 Å². The van der Waals surface area contributed by atoms with Crippen LogP contribution in [0, 0.1) is 0 Å². The minimum Gasteiger partial charge on any atom is -0.452 e. The van der Waals surface area contributed by atoms with Crippen LogP contribution < -0.4 is 10.1 Å². The summed E-state index contributed by atoms with van der Waals surface area (Å²) < 4.78 is 35.4. The van der Waals surface area contributed by atoms with E-state index in [1.54, 1.807) is 12.3 Å². The largest absolute Gasteiger partial charge is 0.452 e. The van der Waals surface area contributed by atoms with Gasteiger partial charge in [-0.15, -0.1) is 0 Å². The number of nitrogens with zero attached hydrogens (tertiary/aromatic N) is 3. The molecule has 2 heterocycles. The molecule has 0 aliphatic rings. The number of amides is 1. The number of nitrogens with one attached hydrogen (secondary N) is 1. The third-order valence-electron chi connectivity index (χ3n) is 4.46. The number of benzene rings is 2. The average Bonchev–Trinajstić information content (AvgIpc) is 3.24. The van der Waals surface area contributed by atoms with Gasteiger partial charge in [-0.1, -0.05) is 41.9 Å². The minimum absolute atomic E-state index is 0.0946. The minimum atomic E-state index is -3.03. The van der Waals surface area contributed by atoms with Crippen LogP contribution in [0.4, 0.5) is 14.5 Å². The van der Waals surface area contributed by atoms with Gasteiger partial charge in [0.1, 0.15) is 11.3 Å². The van der Waals surface area contributed by atoms with Gasteiger partial charge in [0.15, 0.2) is 12.3 Å². The highest BCUT2D eigenvalue weighted by molar-refractivity contribution is 6.32. The number of esters is 1. The standard InChI is InChI=1S/C22H15ClF2N4O4/c23-16-10-14(6-7-18(16)33-22(24)25)28-19(30)12-32-21(31)15-11-27-29-17(8-9-26-20(15)29)13-4-2-1-3-5-13/h1-11,22H,12H2,(H,28,30). The van der Waals surface area contributed by atoms with E-state index in [9.17, 15) is 18.4 Å². The van der Waals surface area contributed by atoms with Crippen LogP contribution in [0.5, 0.6) is 5.75 Å². The summed E-state index contributed by atoms with van der Waals surface area (Å²) in [6.07, 6.45) is 2.87. The van der Waals surface area contributed by atoms with Gasteiger partial charge in [-0.3, -0.25) is 4.79 Å². The maximum atomic E-state index is 12.5. The van der Waals surface area contributed by atoms with Gasteiger partial charge in [0.05, 0.1) is 16.9 Å². The van der Waals surface area contributed by atoms with Gasteiger partial charge in [0.25, 0.3) is 5.91 Å². The van der Waals surface area contributed by atoms with Gasteiger partial charge >= 0.3 is 12.6 Å². The van der Waals surface area contributed by atoms with Crippen LogP contribution in [0.15, 0.2) is 67.0 Å². The van der Waals surface area contributed by atoms with Gasteiger partial charge in [-0.25, -0.2) is 14.3 Å². The van der Waals surface area contributed by atoms with E-state index >= 15 is 0 Å². The number of hydrogen-bond donors (Lipinski definition) is 1. The Bertz CT molecular complexity index is 1310. The molecule has 0 aliphatic heterocycles. The van der Waals surface area contributed by atoms with E-state index in [1.807, 2.05) is 30.3 Å². The Morgan fingerprint density at radius 1 is 1.12 bits per heavy atom. The van der Waals surface area contributed by atoms with E-state index in [0.717, 1.165) is 11.3 Å². The first-order valence-corrected chi connectivity index (χ1v) is 9.89. The Kier molecular flexibility index (Phi) is 6.45. The molecule has 1 N–H and O–H groups in total. The lowest BCUT2D eigenvalue weighted by Crippen LogP contribution is -2.21. The zero-order chi connectivity index (χ0) is 23.4. The molecule has 0 radical (unpaired) electrons. The Balaban J connectivity index is 1.42. The Morgan fingerprint density at radius 3 is 2.64 bits per heavy atom. The molecule has 0 unspecified atom stereocenters. The Labute approximate surface area is 190 Å². The molecule has 0 atom stereocenters. The summed E-state index contributed by atoms with van der Waals surface area (Å²) in [7, 11) is 0. The molecule has 0 saturated carbocycles. The molecule has 0 spiro atoms. The van der Waals surface area contributed by atoms with Crippen LogP contribution in [0.2, 0.25) is 5.02 Å². The first kappa shape index (κ1) is 22.2. The molecule has 33 heavy (non-hydrogen) atoms. The van der Waals surface area contributed by atoms with Crippen LogP contribution in [-0.2, 0) is 9.53 Å². The maximum Gasteiger partial charge on any atom is 0.387 e. The SMILES string of the molecule is O=C(COC(=O)c1cnn2c(-c3ccccc3)ccnc12)Nc1ccc(OC(F)F)c(Cl)c1. The molecular formula is C22H15ClF2N4O4. The van der Waals surface area contributed by atoms with Crippen molar-refractivity contribution in [3.63, 3.8) is 0 Å². The van der Waals surface area contributed by atoms with Gasteiger partial charge in [-0.2, -0.15) is 13.9 Å². The highest BCUT2D eigenvalue weighted by atomic mass is 35.5. The Hall–Kier alpha value is -4.05. The number of ether oxygens (including phenoxy) is 2. The number of aromatic nitrogens is 3. The lowest BCUT2D eigenvalue weighted by Gasteiger charge is -2.10. The summed E-state index contributed by atoms with van der Waals surface area (Å²) in [6, 6.07) is 15.0. The van der Waals surface area contributed by atoms with Crippen molar-refractivity contribution in [3.8, 4) is 17.0 Å². The van der Waals surface area contributed by atoms with Crippen molar-refractivity contribution in [2.75, 3.05) is 11.9 Å². The zero-order valence-electron chi connectivity index (χ0n) is 16.7. The van der Waals surface area contributed by atoms with E-state index in [1.165, 1.54) is 28.9 Å². The van der Waals surface area contributed by atoms with E-state index in [-0.39, 0.29) is 27.7 Å². The maximum absolute atomic E-state index is 12.5. The smallest absolute Gasteiger partial charge is 0.387 e. The molecule has 1 amide bonds. The van der Waals surface area contributed by atoms with Crippen LogP contribution in [0.1, 0.15) is 10.4 Å². The normalized spacial score (nSPS) is 10.9. The number of hydrogen-bond acceptors (Lipinski definition) is 6. The fourth-order valence-corrected chi connectivity index (χ4v) is 3.26. The van der Waals surface area contributed by atoms with Crippen molar-refractivity contribution in [1.82, 2.24) is 14.6 Å². The van der Waals surface area contributed by atoms with Gasteiger partial charge in [0.2, 0.25) is 0 Å². The van der Waals surface area contributed by atoms with Crippen LogP contribution in [-0.4, -0.2) is 39.7 Å². The second kappa shape index (κ2) is 9.61. The van der Waals surface area contributed by atoms with Crippen LogP contribution >= 0.6 is 11.6 Å². The second-order valence-electron chi connectivity index (χ2n) is 6.64. The van der Waals surface area contributed by atoms with Crippen molar-refractivity contribution in [2.24, 2.45) is 0 Å². The van der Waals surface area contributed by atoms with Crippen molar-refractivity contribution < 1.29 is 27.8 Å². The van der Waals surface area contributed by atoms with Crippen LogP contribution in [0.25, 0.3) is 16.9 Å². The molecule has 2 aromatic carbocycles. The summed E-state index contributed by atoms with van der Waals surface area (Å²) in [5.41, 5.74) is 2.21. The van der Waals surface area contributed by atoms with Crippen LogP contribution in [0.3, 0.4) is 0 Å². The monoisotopic (exact) mass is 472 g/mol. The molecule has 8 nitrogen and oxygen atoms in total. The number of fused-ring (bicyclic) bond motifs is 1. The summed E-state index contributed by atoms with van der Waals surface area (Å²) in [5, 5.41) is 6.56. The molecule has 168 valence electrons. The zero-order valence-corrected chi connectivity index (χ0v) is 17.5. The molecule has 0 bridgehead atoms. The number of halogens is 3. The number of anilines is 1. The third-order valence-corrected chi connectivity index (χ3v) is 4.75. The highest BCUT2D eigenvalue weighted by Gasteiger charge is 2.19. The first-order valence-electron chi connectivity index (χ1n) is 9.52. The lowest BCUT2D eigenvalue weighted by atomic mass is 10.1. The number of carbonyl (C=O) groups is 2. The van der Waals surface area contributed by atoms with Gasteiger partial charge in [0, 0.05) is 17.4 Å². The summed E-state index contributed by atoms with van der Waals surface area (Å²) in [6.45, 7) is -3.62. The average molecular weight is 473 g/mol. The van der Waals surface area contributed by atoms with E-state index in [4.69, 9.17) is 16.3 Å². The molecule has 2 aromatic heterocycles. The molecule has 0 fully saturated rings. The van der Waals surface area contributed by atoms with Crippen molar-refractivity contribution in [3.05, 3.63) is 77.6 Å². The lowest BCUT2D eigenvalue weighted by molar-refractivity contribution is -0.119. The highest BCUT2D eigenvalue weighted by Crippen LogP contribution is 2.29. The van der Waals surface area contributed by atoms with E-state index < -0.39 is 25.1 Å². The second-order valence-corrected chi connectivity index (χ2v) is 7.04. The van der Waals surface area contributed by atoms with Crippen molar-refractivity contribution in [1.29, 1.82) is 0 Å². The number of rotatable bonds is 7. The molecule has 0 saturated heterocycles. The summed E-state index contributed by atoms with van der Waals surface area (Å²) >= 11 is 5.85. The summed E-state index contributed by atoms with van der Waals surface area (Å²) in [5.74, 6) is -1.67. The molecule has 11 heteroatoms. The topological polar surface area (TPSA) is 94.8 Å². The fourth-order valence-electron chi connectivity index (χ4n) is 3.04. The predicted molar refractivity (Wildman–Crippen MR) is 115 cm³/mol. The van der Waals surface area contributed by atoms with Crippen molar-refractivity contribution in [2.45, 2.75) is 6.61 Å². The van der Waals surface area contributed by atoms with Crippen molar-refractivity contribution >= 4 is 34.8 Å². The molecule has 4 aromatic rings. The fraction of sp³-hybridized carbons (Fsp3) is 0.0909. The number of carbonyl (C=O) groups excluding carboxylic acids is 2. The van der Waals surface area contributed by atoms with Gasteiger partial charge < -0.3 is 14.8 Å². The first-order chi connectivity index (χ1) is 15.9. The molecule has 4 rings (SSSR count). The third kappa shape index (κ3) is 5.07. The van der Waals surface area contributed by atoms with Gasteiger partial charge in [-0.05, 0) is 24.3 Å². The van der Waals surface area contributed by atoms with E-state index in [0.29, 0.717) is 0 Å². The number of alkyl halides is 2. The summed E-state index contributed by atoms with van der Waals surface area (Å²) in [4.78, 5) is 28.9. The Morgan fingerprint density at radius 2 is 1.91 bits per heavy atom. The molecular weight excluding hydrogens is 458 g/mol.